The van der Waals surface area contributed by atoms with Gasteiger partial charge in [-0.3, -0.25) is 14.8 Å². The van der Waals surface area contributed by atoms with Gasteiger partial charge < -0.3 is 29.1 Å². The second-order valence-corrected chi connectivity index (χ2v) is 30.5. The molecule has 8 heterocycles. The molecule has 0 radical (unpaired) electrons. The number of benzene rings is 4. The maximum Gasteiger partial charge on any atom is 0.410 e. The number of fused-ring (bicyclic) bond motifs is 6. The first kappa shape index (κ1) is 65.1. The minimum Gasteiger partial charge on any atom is -0.444 e. The molecular weight excluding hydrogens is 1190 g/mol. The lowest BCUT2D eigenvalue weighted by Crippen LogP contribution is -2.63. The van der Waals surface area contributed by atoms with Gasteiger partial charge in [0.2, 0.25) is 5.91 Å². The van der Waals surface area contributed by atoms with Crippen LogP contribution < -0.4 is 9.80 Å². The van der Waals surface area contributed by atoms with Crippen molar-refractivity contribution in [1.82, 2.24) is 39.7 Å². The van der Waals surface area contributed by atoms with Crippen molar-refractivity contribution < 1.29 is 46.2 Å². The molecule has 0 spiro atoms. The van der Waals surface area contributed by atoms with E-state index in [1.165, 1.54) is 30.9 Å². The van der Waals surface area contributed by atoms with Gasteiger partial charge in [0.15, 0.2) is 11.6 Å². The van der Waals surface area contributed by atoms with Crippen molar-refractivity contribution in [2.45, 2.75) is 122 Å². The minimum atomic E-state index is -2.18. The molecule has 4 aromatic carbocycles. The zero-order chi connectivity index (χ0) is 66.2. The summed E-state index contributed by atoms with van der Waals surface area (Å²) in [5.74, 6) is 3.04. The van der Waals surface area contributed by atoms with E-state index in [9.17, 15) is 23.6 Å². The zero-order valence-corrected chi connectivity index (χ0v) is 53.7. The maximum absolute atomic E-state index is 16.6. The SMILES string of the molecule is C#Cc1c(F)ccc2cccc(-c3ncc4c(N5C[C@@H]6[C@H]5CCN6C(=O)C=C)ncnc4c3F)c12.C=CC(=O)OC(=O)C=C.CC(C)[Si](C#Cc1c(F)ccc2cccc(-c3ncc4c(N5C[C@@H]6[C@H]5CCN6C(=O)OC(C)(C)C)ncnc4c3F)c12)(C(C)C)C(C)C. The van der Waals surface area contributed by atoms with Crippen LogP contribution in [-0.4, -0.2) is 128 Å². The fraction of sp³-hybridized carbons (Fsp3) is 0.324. The lowest BCUT2D eigenvalue weighted by Gasteiger charge is -2.47. The van der Waals surface area contributed by atoms with Gasteiger partial charge in [0, 0.05) is 72.6 Å². The molecule has 4 aliphatic heterocycles. The number of aromatic nitrogens is 6. The fourth-order valence-electron chi connectivity index (χ4n) is 13.6. The third-order valence-electron chi connectivity index (χ3n) is 17.9. The van der Waals surface area contributed by atoms with Crippen molar-refractivity contribution in [3.63, 3.8) is 0 Å². The Morgan fingerprint density at radius 3 is 1.52 bits per heavy atom. The fourth-order valence-corrected chi connectivity index (χ4v) is 18.8. The third kappa shape index (κ3) is 11.9. The summed E-state index contributed by atoms with van der Waals surface area (Å²) in [5.41, 5.74) is 5.80. The molecular formula is C71H70F4N10O6Si. The van der Waals surface area contributed by atoms with E-state index >= 15 is 13.2 Å². The van der Waals surface area contributed by atoms with Crippen molar-refractivity contribution in [3.8, 4) is 46.3 Å². The Morgan fingerprint density at radius 2 is 1.08 bits per heavy atom. The molecule has 8 aromatic rings. The van der Waals surface area contributed by atoms with Crippen LogP contribution in [0.3, 0.4) is 0 Å². The van der Waals surface area contributed by atoms with Crippen LogP contribution in [0.4, 0.5) is 34.0 Å². The molecule has 4 saturated heterocycles. The van der Waals surface area contributed by atoms with Gasteiger partial charge in [-0.2, -0.15) is 0 Å². The molecule has 4 fully saturated rings. The van der Waals surface area contributed by atoms with Gasteiger partial charge in [0.25, 0.3) is 0 Å². The van der Waals surface area contributed by atoms with Crippen LogP contribution in [0.15, 0.2) is 124 Å². The van der Waals surface area contributed by atoms with Crippen molar-refractivity contribution in [3.05, 3.63) is 158 Å². The number of carbonyl (C=O) groups excluding carboxylic acids is 4. The van der Waals surface area contributed by atoms with Crippen molar-refractivity contribution >= 4 is 87.0 Å². The second kappa shape index (κ2) is 26.2. The van der Waals surface area contributed by atoms with Crippen LogP contribution in [0, 0.1) is 47.1 Å². The molecule has 2 amide bonds. The Hall–Kier alpha value is -9.86. The molecule has 16 nitrogen and oxygen atoms in total. The Kier molecular flexibility index (Phi) is 18.5. The molecule has 0 aliphatic carbocycles. The molecule has 0 saturated carbocycles. The largest absolute Gasteiger partial charge is 0.444 e. The van der Waals surface area contributed by atoms with E-state index in [1.807, 2.05) is 37.8 Å². The Balaban J connectivity index is 0.000000184. The zero-order valence-electron chi connectivity index (χ0n) is 52.7. The number of nitrogens with zero attached hydrogens (tertiary/aromatic N) is 10. The highest BCUT2D eigenvalue weighted by molar-refractivity contribution is 6.90. The average Bonchev–Trinajstić information content (AvgIpc) is 1.36. The molecule has 4 aliphatic rings. The van der Waals surface area contributed by atoms with Gasteiger partial charge in [-0.15, -0.1) is 12.0 Å². The molecule has 472 valence electrons. The molecule has 0 bridgehead atoms. The smallest absolute Gasteiger partial charge is 0.410 e. The molecule has 12 rings (SSSR count). The number of pyridine rings is 2. The Labute approximate surface area is 532 Å². The lowest BCUT2D eigenvalue weighted by molar-refractivity contribution is -0.152. The number of hydrogen-bond donors (Lipinski definition) is 0. The summed E-state index contributed by atoms with van der Waals surface area (Å²) in [6.07, 6.45) is 15.8. The van der Waals surface area contributed by atoms with Crippen molar-refractivity contribution in [2.24, 2.45) is 0 Å². The number of likely N-dealkylation sites (tertiary alicyclic amines) is 2. The number of carbonyl (C=O) groups is 4. The van der Waals surface area contributed by atoms with Crippen molar-refractivity contribution in [2.75, 3.05) is 36.0 Å². The normalized spacial score (nSPS) is 17.3. The van der Waals surface area contributed by atoms with E-state index in [-0.39, 0.29) is 69.7 Å². The number of anilines is 2. The summed E-state index contributed by atoms with van der Waals surface area (Å²) >= 11 is 0. The average molecular weight is 1260 g/mol. The first-order chi connectivity index (χ1) is 43.9. The van der Waals surface area contributed by atoms with E-state index in [0.29, 0.717) is 92.5 Å². The summed E-state index contributed by atoms with van der Waals surface area (Å²) in [7, 11) is -2.18. The second-order valence-electron chi connectivity index (χ2n) is 24.9. The minimum absolute atomic E-state index is 0.00376. The highest BCUT2D eigenvalue weighted by Crippen LogP contribution is 2.45. The summed E-state index contributed by atoms with van der Waals surface area (Å²) in [6.45, 7) is 31.0. The van der Waals surface area contributed by atoms with Crippen LogP contribution in [0.1, 0.15) is 86.3 Å². The predicted octanol–water partition coefficient (Wildman–Crippen LogP) is 13.4. The van der Waals surface area contributed by atoms with Crippen LogP contribution in [0.25, 0.3) is 65.9 Å². The highest BCUT2D eigenvalue weighted by atomic mass is 28.3. The van der Waals surface area contributed by atoms with Crippen LogP contribution >= 0.6 is 0 Å². The first-order valence-electron chi connectivity index (χ1n) is 30.4. The number of ether oxygens (including phenoxy) is 2. The summed E-state index contributed by atoms with van der Waals surface area (Å²) < 4.78 is 72.3. The van der Waals surface area contributed by atoms with E-state index in [0.717, 1.165) is 30.4 Å². The molecule has 92 heavy (non-hydrogen) atoms. The number of amides is 2. The number of hydrogen-bond acceptors (Lipinski definition) is 14. The maximum atomic E-state index is 16.6. The third-order valence-corrected chi connectivity index (χ3v) is 24.2. The van der Waals surface area contributed by atoms with Crippen molar-refractivity contribution in [1.29, 1.82) is 0 Å². The Morgan fingerprint density at radius 1 is 0.620 bits per heavy atom. The quantitative estimate of drug-likeness (QED) is 0.0315. The van der Waals surface area contributed by atoms with E-state index in [1.54, 1.807) is 53.7 Å². The summed E-state index contributed by atoms with van der Waals surface area (Å²) in [6, 6.07) is 17.0. The van der Waals surface area contributed by atoms with Gasteiger partial charge in [0.05, 0.1) is 46.1 Å². The van der Waals surface area contributed by atoms with E-state index in [2.05, 4.69) is 123 Å². The molecule has 4 aromatic heterocycles. The van der Waals surface area contributed by atoms with Crippen LogP contribution in [0.2, 0.25) is 16.6 Å². The summed E-state index contributed by atoms with van der Waals surface area (Å²) in [5, 5.41) is 3.39. The molecule has 21 heteroatoms. The van der Waals surface area contributed by atoms with Crippen LogP contribution in [-0.2, 0) is 23.9 Å². The number of esters is 2. The first-order valence-corrected chi connectivity index (χ1v) is 32.6. The number of rotatable bonds is 10. The number of halogens is 4. The van der Waals surface area contributed by atoms with Gasteiger partial charge in [-0.05, 0) is 79.2 Å². The lowest BCUT2D eigenvalue weighted by atomic mass is 9.95. The van der Waals surface area contributed by atoms with Gasteiger partial charge >= 0.3 is 18.0 Å². The monoisotopic (exact) mass is 1260 g/mol. The molecule has 0 N–H and O–H groups in total. The summed E-state index contributed by atoms with van der Waals surface area (Å²) in [4.78, 5) is 79.6. The standard InChI is InChI=1S/C38H45F2N5O2Si.C27H19F2N5O.C6H6O3/c1-22(2)48(23(3)4,24(5)6)18-16-26-29(39)14-13-25-11-10-12-27(32(25)26)34-33(40)35-28(19-41-34)36(43-21-42-35)45-20-31-30(45)15-17-44(31)37(46)47-38(7,8)9;1-3-16-19(28)9-8-15-6-5-7-17(23(15)16)25-24(29)26-18(12-30-25)27(32-14-31-26)34-13-21-20(34)10-11-33(21)22(35)4-2;1-3-5(7)9-6(8)4-2/h10-14,19,21-24,30-31H,15,17,20H2,1-9H3;1,4-9,12,14,20-21H,2,10-11,13H2;3-4H,1-2H2/t30-,31-;20-,21-;/m11./s1. The predicted molar refractivity (Wildman–Crippen MR) is 352 cm³/mol. The number of terminal acetylenes is 1. The van der Waals surface area contributed by atoms with Gasteiger partial charge in [-0.1, -0.05) is 122 Å². The highest BCUT2D eigenvalue weighted by Gasteiger charge is 2.52. The topological polar surface area (TPSA) is 177 Å². The van der Waals surface area contributed by atoms with E-state index in [4.69, 9.17) is 11.2 Å². The molecule has 0 unspecified atom stereocenters. The molecule has 4 atom stereocenters. The Bertz CT molecular complexity index is 4400. The van der Waals surface area contributed by atoms with Gasteiger partial charge in [0.1, 0.15) is 72.0 Å². The van der Waals surface area contributed by atoms with Gasteiger partial charge in [-0.25, -0.2) is 51.9 Å². The van der Waals surface area contributed by atoms with E-state index < -0.39 is 48.9 Å². The van der Waals surface area contributed by atoms with Crippen LogP contribution in [0.5, 0.6) is 0 Å².